The van der Waals surface area contributed by atoms with Gasteiger partial charge in [0.15, 0.2) is 0 Å². The number of hydrogen-bond donors (Lipinski definition) is 4. The topological polar surface area (TPSA) is 156 Å². The summed E-state index contributed by atoms with van der Waals surface area (Å²) in [7, 11) is 0. The molecule has 1 heterocycles. The number of rotatable bonds is 9. The van der Waals surface area contributed by atoms with Crippen molar-refractivity contribution in [3.63, 3.8) is 0 Å². The maximum Gasteiger partial charge on any atom is 0.379 e. The minimum Gasteiger partial charge on any atom is -0.481 e. The normalized spacial score (nSPS) is 10.6. The van der Waals surface area contributed by atoms with Gasteiger partial charge < -0.3 is 25.3 Å². The number of nitrogen functional groups attached to an aromatic ring is 1. The van der Waals surface area contributed by atoms with Gasteiger partial charge >= 0.3 is 11.9 Å². The standard InChI is InChI=1S/C22H21N3O6/c23-21(24)15-5-4-14-11-16(7-6-13(14)10-15)31-22(29)18-9-8-17(30-18)12-25-19(26)2-1-3-20(27)28/h4-11H,1-3,12H2,(H3,23,24)(H,25,26)(H,27,28). The first-order chi connectivity index (χ1) is 14.8. The lowest BCUT2D eigenvalue weighted by Crippen LogP contribution is -2.22. The van der Waals surface area contributed by atoms with Crippen LogP contribution in [0.3, 0.4) is 0 Å². The van der Waals surface area contributed by atoms with Crippen LogP contribution in [0.5, 0.6) is 5.75 Å². The van der Waals surface area contributed by atoms with Gasteiger partial charge in [0.05, 0.1) is 6.54 Å². The van der Waals surface area contributed by atoms with Gasteiger partial charge in [-0.1, -0.05) is 18.2 Å². The van der Waals surface area contributed by atoms with Crippen molar-refractivity contribution in [2.24, 2.45) is 5.73 Å². The van der Waals surface area contributed by atoms with Crippen LogP contribution in [0.1, 0.15) is 41.1 Å². The molecule has 0 aliphatic rings. The van der Waals surface area contributed by atoms with Crippen LogP contribution in [0.4, 0.5) is 0 Å². The number of nitrogens with one attached hydrogen (secondary N) is 2. The van der Waals surface area contributed by atoms with Gasteiger partial charge in [-0.2, -0.15) is 0 Å². The molecule has 0 radical (unpaired) electrons. The third-order valence-electron chi connectivity index (χ3n) is 4.45. The van der Waals surface area contributed by atoms with Gasteiger partial charge in [0.1, 0.15) is 17.3 Å². The number of aliphatic carboxylic acids is 1. The van der Waals surface area contributed by atoms with Gasteiger partial charge in [-0.3, -0.25) is 15.0 Å². The SMILES string of the molecule is N=C(N)c1ccc2cc(OC(=O)c3ccc(CNC(=O)CCCC(=O)O)o3)ccc2c1. The molecule has 31 heavy (non-hydrogen) atoms. The Labute approximate surface area is 177 Å². The highest BCUT2D eigenvalue weighted by Gasteiger charge is 2.15. The van der Waals surface area contributed by atoms with Crippen molar-refractivity contribution in [3.8, 4) is 5.75 Å². The van der Waals surface area contributed by atoms with E-state index in [-0.39, 0.29) is 43.3 Å². The minimum atomic E-state index is -0.950. The molecule has 9 nitrogen and oxygen atoms in total. The van der Waals surface area contributed by atoms with Crippen molar-refractivity contribution >= 4 is 34.5 Å². The van der Waals surface area contributed by atoms with Crippen LogP contribution in [-0.4, -0.2) is 28.8 Å². The van der Waals surface area contributed by atoms with Crippen molar-refractivity contribution in [2.45, 2.75) is 25.8 Å². The van der Waals surface area contributed by atoms with Crippen LogP contribution in [0.2, 0.25) is 0 Å². The number of furan rings is 1. The molecule has 3 aromatic rings. The number of ether oxygens (including phenoxy) is 1. The van der Waals surface area contributed by atoms with Gasteiger partial charge in [0.25, 0.3) is 0 Å². The molecule has 0 bridgehead atoms. The molecule has 3 rings (SSSR count). The molecular formula is C22H21N3O6. The van der Waals surface area contributed by atoms with E-state index in [2.05, 4.69) is 5.32 Å². The molecule has 2 aromatic carbocycles. The summed E-state index contributed by atoms with van der Waals surface area (Å²) in [6, 6.07) is 13.4. The lowest BCUT2D eigenvalue weighted by Gasteiger charge is -2.06. The lowest BCUT2D eigenvalue weighted by atomic mass is 10.1. The molecule has 1 aromatic heterocycles. The summed E-state index contributed by atoms with van der Waals surface area (Å²) in [5, 5.41) is 20.3. The predicted molar refractivity (Wildman–Crippen MR) is 112 cm³/mol. The fourth-order valence-electron chi connectivity index (χ4n) is 2.87. The van der Waals surface area contributed by atoms with Gasteiger partial charge in [0.2, 0.25) is 11.7 Å². The van der Waals surface area contributed by atoms with Gasteiger partial charge in [0, 0.05) is 18.4 Å². The molecule has 160 valence electrons. The maximum atomic E-state index is 12.3. The van der Waals surface area contributed by atoms with Crippen LogP contribution in [0.15, 0.2) is 52.9 Å². The van der Waals surface area contributed by atoms with E-state index in [0.717, 1.165) is 10.8 Å². The highest BCUT2D eigenvalue weighted by Crippen LogP contribution is 2.23. The average Bonchev–Trinajstić information content (AvgIpc) is 3.21. The molecule has 0 spiro atoms. The molecule has 0 saturated heterocycles. The Morgan fingerprint density at radius 1 is 1.03 bits per heavy atom. The number of hydrogen-bond acceptors (Lipinski definition) is 6. The van der Waals surface area contributed by atoms with Gasteiger partial charge in [-0.05, 0) is 47.5 Å². The number of carbonyl (C=O) groups is 3. The van der Waals surface area contributed by atoms with Crippen molar-refractivity contribution < 1.29 is 28.6 Å². The van der Waals surface area contributed by atoms with Crippen molar-refractivity contribution in [2.75, 3.05) is 0 Å². The van der Waals surface area contributed by atoms with Gasteiger partial charge in [-0.25, -0.2) is 4.79 Å². The number of nitrogens with two attached hydrogens (primary N) is 1. The first-order valence-corrected chi connectivity index (χ1v) is 9.49. The Balaban J connectivity index is 1.57. The fraction of sp³-hybridized carbons (Fsp3) is 0.182. The number of esters is 1. The predicted octanol–water partition coefficient (Wildman–Crippen LogP) is 2.81. The number of fused-ring (bicyclic) bond motifs is 1. The third-order valence-corrected chi connectivity index (χ3v) is 4.45. The van der Waals surface area contributed by atoms with Gasteiger partial charge in [-0.15, -0.1) is 0 Å². The second-order valence-electron chi connectivity index (χ2n) is 6.82. The van der Waals surface area contributed by atoms with Crippen LogP contribution in [-0.2, 0) is 16.1 Å². The molecule has 0 aliphatic carbocycles. The Bertz CT molecular complexity index is 1150. The van der Waals surface area contributed by atoms with E-state index in [1.165, 1.54) is 6.07 Å². The smallest absolute Gasteiger partial charge is 0.379 e. The van der Waals surface area contributed by atoms with E-state index in [1.54, 1.807) is 42.5 Å². The maximum absolute atomic E-state index is 12.3. The summed E-state index contributed by atoms with van der Waals surface area (Å²) >= 11 is 0. The molecule has 1 amide bonds. The summed E-state index contributed by atoms with van der Waals surface area (Å²) in [6.45, 7) is 0.0770. The Hall–Kier alpha value is -4.14. The molecule has 0 unspecified atom stereocenters. The second-order valence-corrected chi connectivity index (χ2v) is 6.82. The molecule has 0 atom stereocenters. The molecule has 0 aliphatic heterocycles. The van der Waals surface area contributed by atoms with E-state index >= 15 is 0 Å². The summed E-state index contributed by atoms with van der Waals surface area (Å²) in [6.07, 6.45) is 0.271. The van der Waals surface area contributed by atoms with E-state index in [4.69, 9.17) is 25.4 Å². The summed E-state index contributed by atoms with van der Waals surface area (Å²) in [5.41, 5.74) is 6.10. The zero-order chi connectivity index (χ0) is 22.4. The largest absolute Gasteiger partial charge is 0.481 e. The molecule has 0 fully saturated rings. The molecule has 5 N–H and O–H groups in total. The van der Waals surface area contributed by atoms with E-state index < -0.39 is 11.9 Å². The number of carboxylic acid groups (broad SMARTS) is 1. The van der Waals surface area contributed by atoms with E-state index in [0.29, 0.717) is 17.1 Å². The number of amidine groups is 1. The lowest BCUT2D eigenvalue weighted by molar-refractivity contribution is -0.137. The number of carbonyl (C=O) groups excluding carboxylic acids is 2. The summed E-state index contributed by atoms with van der Waals surface area (Å²) in [5.74, 6) is -1.27. The first kappa shape index (κ1) is 21.6. The number of benzene rings is 2. The average molecular weight is 423 g/mol. The monoisotopic (exact) mass is 423 g/mol. The zero-order valence-electron chi connectivity index (χ0n) is 16.5. The van der Waals surface area contributed by atoms with Crippen molar-refractivity contribution in [3.05, 3.63) is 65.6 Å². The van der Waals surface area contributed by atoms with E-state index in [9.17, 15) is 14.4 Å². The number of carboxylic acids is 1. The Kier molecular flexibility index (Phi) is 6.66. The highest BCUT2D eigenvalue weighted by atomic mass is 16.5. The third kappa shape index (κ3) is 5.92. The van der Waals surface area contributed by atoms with Crippen LogP contribution < -0.4 is 15.8 Å². The van der Waals surface area contributed by atoms with Crippen LogP contribution in [0.25, 0.3) is 10.8 Å². The number of amides is 1. The zero-order valence-corrected chi connectivity index (χ0v) is 16.5. The molecule has 0 saturated carbocycles. The summed E-state index contributed by atoms with van der Waals surface area (Å²) < 4.78 is 10.8. The van der Waals surface area contributed by atoms with Crippen LogP contribution in [0, 0.1) is 5.41 Å². The summed E-state index contributed by atoms with van der Waals surface area (Å²) in [4.78, 5) is 34.5. The van der Waals surface area contributed by atoms with Crippen molar-refractivity contribution in [1.29, 1.82) is 5.41 Å². The van der Waals surface area contributed by atoms with Crippen LogP contribution >= 0.6 is 0 Å². The quantitative estimate of drug-likeness (QED) is 0.178. The highest BCUT2D eigenvalue weighted by molar-refractivity contribution is 5.99. The molecular weight excluding hydrogens is 402 g/mol. The Morgan fingerprint density at radius 3 is 2.52 bits per heavy atom. The van der Waals surface area contributed by atoms with Crippen molar-refractivity contribution in [1.82, 2.24) is 5.32 Å². The second kappa shape index (κ2) is 9.57. The fourth-order valence-corrected chi connectivity index (χ4v) is 2.87. The molecule has 9 heteroatoms. The Morgan fingerprint density at radius 2 is 1.77 bits per heavy atom. The minimum absolute atomic E-state index is 0.0119. The van der Waals surface area contributed by atoms with E-state index in [1.807, 2.05) is 0 Å². The first-order valence-electron chi connectivity index (χ1n) is 9.49.